The largest absolute Gasteiger partial charge is 0.314 e. The number of nitrogens with one attached hydrogen (secondary N) is 1. The van der Waals surface area contributed by atoms with Crippen LogP contribution >= 0.6 is 15.9 Å². The van der Waals surface area contributed by atoms with Gasteiger partial charge in [-0.1, -0.05) is 58.8 Å². The summed E-state index contributed by atoms with van der Waals surface area (Å²) >= 11 is 3.50. The molecule has 1 rings (SSSR count). The molecule has 0 spiro atoms. The van der Waals surface area contributed by atoms with E-state index in [1.54, 1.807) is 0 Å². The number of halogens is 1. The predicted octanol–water partition coefficient (Wildman–Crippen LogP) is 5.51. The van der Waals surface area contributed by atoms with Gasteiger partial charge in [-0.2, -0.15) is 0 Å². The molecule has 21 heavy (non-hydrogen) atoms. The smallest absolute Gasteiger partial charge is 0.0410 e. The molecule has 0 aromatic carbocycles. The molecule has 1 unspecified atom stereocenters. The van der Waals surface area contributed by atoms with Gasteiger partial charge in [0.2, 0.25) is 0 Å². The molecule has 1 atom stereocenters. The van der Waals surface area contributed by atoms with E-state index in [-0.39, 0.29) is 0 Å². The lowest BCUT2D eigenvalue weighted by Gasteiger charge is -2.18. The van der Waals surface area contributed by atoms with Gasteiger partial charge < -0.3 is 5.32 Å². The molecule has 0 saturated carbocycles. The quantitative estimate of drug-likeness (QED) is 0.501. The topological polar surface area (TPSA) is 24.9 Å². The number of nitrogens with zero attached hydrogens (tertiary/aromatic N) is 1. The number of unbranched alkanes of at least 4 members (excludes halogenated alkanes) is 6. The third-order valence-corrected chi connectivity index (χ3v) is 4.33. The average Bonchev–Trinajstić information content (AvgIpc) is 2.46. The van der Waals surface area contributed by atoms with Crippen LogP contribution < -0.4 is 5.32 Å². The van der Waals surface area contributed by atoms with Gasteiger partial charge in [0, 0.05) is 22.9 Å². The molecule has 0 aliphatic heterocycles. The van der Waals surface area contributed by atoms with Gasteiger partial charge in [0.05, 0.1) is 0 Å². The fourth-order valence-corrected chi connectivity index (χ4v) is 3.18. The van der Waals surface area contributed by atoms with E-state index in [0.717, 1.165) is 17.4 Å². The summed E-state index contributed by atoms with van der Waals surface area (Å²) in [4.78, 5) is 4.26. The fourth-order valence-electron chi connectivity index (χ4n) is 2.76. The Bertz CT molecular complexity index is 368. The number of pyridine rings is 1. The zero-order chi connectivity index (χ0) is 15.3. The predicted molar refractivity (Wildman–Crippen MR) is 95.7 cm³/mol. The molecule has 1 aromatic heterocycles. The highest BCUT2D eigenvalue weighted by molar-refractivity contribution is 9.10. The van der Waals surface area contributed by atoms with Crippen molar-refractivity contribution in [1.82, 2.24) is 10.3 Å². The van der Waals surface area contributed by atoms with Crippen LogP contribution in [0.5, 0.6) is 0 Å². The summed E-state index contributed by atoms with van der Waals surface area (Å²) in [5.41, 5.74) is 1.32. The first-order chi connectivity index (χ1) is 10.3. The Hall–Kier alpha value is -0.410. The molecule has 2 nitrogen and oxygen atoms in total. The zero-order valence-electron chi connectivity index (χ0n) is 13.7. The second-order valence-corrected chi connectivity index (χ2v) is 6.80. The molecule has 0 radical (unpaired) electrons. The summed E-state index contributed by atoms with van der Waals surface area (Å²) in [7, 11) is 0. The molecular weight excluding hydrogens is 324 g/mol. The molecule has 0 bridgehead atoms. The number of rotatable bonds is 12. The SMILES string of the molecule is CCCCCCCCCC(Cc1cncc(Br)c1)NCC. The van der Waals surface area contributed by atoms with Crippen molar-refractivity contribution in [3.05, 3.63) is 28.5 Å². The molecule has 0 aliphatic rings. The van der Waals surface area contributed by atoms with Gasteiger partial charge in [0.25, 0.3) is 0 Å². The molecule has 1 aromatic rings. The van der Waals surface area contributed by atoms with E-state index >= 15 is 0 Å². The lowest BCUT2D eigenvalue weighted by atomic mass is 10.0. The summed E-state index contributed by atoms with van der Waals surface area (Å²) < 4.78 is 1.08. The Morgan fingerprint density at radius 3 is 2.43 bits per heavy atom. The van der Waals surface area contributed by atoms with Crippen LogP contribution in [0.4, 0.5) is 0 Å². The van der Waals surface area contributed by atoms with Crippen LogP contribution in [0.15, 0.2) is 22.9 Å². The average molecular weight is 355 g/mol. The minimum atomic E-state index is 0.585. The van der Waals surface area contributed by atoms with Gasteiger partial charge in [-0.05, 0) is 46.9 Å². The van der Waals surface area contributed by atoms with Gasteiger partial charge in [-0.15, -0.1) is 0 Å². The van der Waals surface area contributed by atoms with Crippen LogP contribution in [0.3, 0.4) is 0 Å². The molecule has 1 heterocycles. The number of likely N-dealkylation sites (N-methyl/N-ethyl adjacent to an activating group) is 1. The number of hydrogen-bond donors (Lipinski definition) is 1. The lowest BCUT2D eigenvalue weighted by molar-refractivity contribution is 0.458. The molecular formula is C18H31BrN2. The van der Waals surface area contributed by atoms with Gasteiger partial charge in [-0.3, -0.25) is 4.98 Å². The first kappa shape index (κ1) is 18.6. The molecule has 0 fully saturated rings. The Morgan fingerprint density at radius 2 is 1.76 bits per heavy atom. The van der Waals surface area contributed by atoms with Crippen molar-refractivity contribution in [2.45, 2.75) is 77.7 Å². The first-order valence-corrected chi connectivity index (χ1v) is 9.38. The van der Waals surface area contributed by atoms with Gasteiger partial charge in [0.15, 0.2) is 0 Å². The van der Waals surface area contributed by atoms with Gasteiger partial charge >= 0.3 is 0 Å². The molecule has 0 aliphatic carbocycles. The standard InChI is InChI=1S/C18H31BrN2/c1-3-5-6-7-8-9-10-11-18(21-4-2)13-16-12-17(19)15-20-14-16/h12,14-15,18,21H,3-11,13H2,1-2H3. The van der Waals surface area contributed by atoms with Crippen LogP contribution in [-0.4, -0.2) is 17.6 Å². The number of hydrogen-bond acceptors (Lipinski definition) is 2. The summed E-state index contributed by atoms with van der Waals surface area (Å²) in [6.07, 6.45) is 15.9. The third-order valence-electron chi connectivity index (χ3n) is 3.89. The van der Waals surface area contributed by atoms with Crippen molar-refractivity contribution in [2.75, 3.05) is 6.54 Å². The van der Waals surface area contributed by atoms with Crippen molar-refractivity contribution in [3.63, 3.8) is 0 Å². The van der Waals surface area contributed by atoms with Crippen molar-refractivity contribution in [2.24, 2.45) is 0 Å². The van der Waals surface area contributed by atoms with E-state index in [4.69, 9.17) is 0 Å². The molecule has 0 saturated heterocycles. The Kier molecular flexibility index (Phi) is 10.8. The summed E-state index contributed by atoms with van der Waals surface area (Å²) in [5.74, 6) is 0. The molecule has 0 amide bonds. The maximum atomic E-state index is 4.26. The van der Waals surface area contributed by atoms with Crippen LogP contribution in [-0.2, 0) is 6.42 Å². The molecule has 1 N–H and O–H groups in total. The summed E-state index contributed by atoms with van der Waals surface area (Å²) in [5, 5.41) is 3.62. The van der Waals surface area contributed by atoms with Crippen molar-refractivity contribution in [3.8, 4) is 0 Å². The molecule has 120 valence electrons. The van der Waals surface area contributed by atoms with Crippen LogP contribution in [0.1, 0.15) is 70.8 Å². The highest BCUT2D eigenvalue weighted by Gasteiger charge is 2.08. The minimum Gasteiger partial charge on any atom is -0.314 e. The van der Waals surface area contributed by atoms with Crippen molar-refractivity contribution < 1.29 is 0 Å². The van der Waals surface area contributed by atoms with E-state index < -0.39 is 0 Å². The van der Waals surface area contributed by atoms with E-state index in [0.29, 0.717) is 6.04 Å². The van der Waals surface area contributed by atoms with E-state index in [9.17, 15) is 0 Å². The van der Waals surface area contributed by atoms with Gasteiger partial charge in [-0.25, -0.2) is 0 Å². The van der Waals surface area contributed by atoms with E-state index in [1.807, 2.05) is 12.4 Å². The monoisotopic (exact) mass is 354 g/mol. The van der Waals surface area contributed by atoms with Gasteiger partial charge in [0.1, 0.15) is 0 Å². The lowest BCUT2D eigenvalue weighted by Crippen LogP contribution is -2.31. The highest BCUT2D eigenvalue weighted by atomic mass is 79.9. The summed E-state index contributed by atoms with van der Waals surface area (Å²) in [6, 6.07) is 2.77. The number of aromatic nitrogens is 1. The highest BCUT2D eigenvalue weighted by Crippen LogP contribution is 2.15. The summed E-state index contributed by atoms with van der Waals surface area (Å²) in [6.45, 7) is 5.51. The van der Waals surface area contributed by atoms with E-state index in [1.165, 1.54) is 56.9 Å². The maximum Gasteiger partial charge on any atom is 0.0410 e. The van der Waals surface area contributed by atoms with Crippen LogP contribution in [0.2, 0.25) is 0 Å². The second-order valence-electron chi connectivity index (χ2n) is 5.88. The second kappa shape index (κ2) is 12.2. The minimum absolute atomic E-state index is 0.585. The first-order valence-electron chi connectivity index (χ1n) is 8.59. The van der Waals surface area contributed by atoms with Crippen molar-refractivity contribution >= 4 is 15.9 Å². The Labute approximate surface area is 139 Å². The van der Waals surface area contributed by atoms with E-state index in [2.05, 4.69) is 46.1 Å². The zero-order valence-corrected chi connectivity index (χ0v) is 15.3. The normalized spacial score (nSPS) is 12.5. The Balaban J connectivity index is 2.23. The van der Waals surface area contributed by atoms with Crippen molar-refractivity contribution in [1.29, 1.82) is 0 Å². The van der Waals surface area contributed by atoms with Crippen LogP contribution in [0.25, 0.3) is 0 Å². The fraction of sp³-hybridized carbons (Fsp3) is 0.722. The molecule has 3 heteroatoms. The maximum absolute atomic E-state index is 4.26. The third kappa shape index (κ3) is 9.26. The Morgan fingerprint density at radius 1 is 1.05 bits per heavy atom. The van der Waals surface area contributed by atoms with Crippen LogP contribution in [0, 0.1) is 0 Å².